The van der Waals surface area contributed by atoms with Gasteiger partial charge in [-0.2, -0.15) is 18.3 Å². The number of halogens is 5. The quantitative estimate of drug-likeness (QED) is 0.289. The molecule has 4 aromatic rings. The molecule has 0 aliphatic carbocycles. The fourth-order valence-electron chi connectivity index (χ4n) is 5.62. The van der Waals surface area contributed by atoms with Gasteiger partial charge in [0, 0.05) is 37.1 Å². The second-order valence-corrected chi connectivity index (χ2v) is 10.4. The number of aryl methyl sites for hydroxylation is 1. The zero-order chi connectivity index (χ0) is 29.8. The predicted molar refractivity (Wildman–Crippen MR) is 143 cm³/mol. The van der Waals surface area contributed by atoms with E-state index in [1.54, 1.807) is 36.1 Å². The minimum Gasteiger partial charge on any atom is -0.337 e. The molecule has 2 aliphatic rings. The Hall–Kier alpha value is -4.61. The molecule has 2 amide bonds. The first-order valence-corrected chi connectivity index (χ1v) is 13.3. The molecule has 0 N–H and O–H groups in total. The van der Waals surface area contributed by atoms with Crippen LogP contribution in [-0.2, 0) is 17.4 Å². The molecule has 0 spiro atoms. The van der Waals surface area contributed by atoms with E-state index in [0.29, 0.717) is 53.0 Å². The van der Waals surface area contributed by atoms with Gasteiger partial charge in [0.15, 0.2) is 5.69 Å². The number of amides is 2. The molecule has 2 aliphatic heterocycles. The Morgan fingerprint density at radius 3 is 2.48 bits per heavy atom. The number of likely N-dealkylation sites (tertiary alicyclic amines) is 1. The van der Waals surface area contributed by atoms with E-state index < -0.39 is 29.3 Å². The molecule has 2 aromatic heterocycles. The first kappa shape index (κ1) is 27.6. The highest BCUT2D eigenvalue weighted by atomic mass is 19.4. The second kappa shape index (κ2) is 10.3. The Labute approximate surface area is 237 Å². The van der Waals surface area contributed by atoms with Crippen LogP contribution in [0, 0.1) is 18.6 Å². The molecular weight excluding hydrogens is 557 g/mol. The Kier molecular flexibility index (Phi) is 6.78. The summed E-state index contributed by atoms with van der Waals surface area (Å²) < 4.78 is 70.5. The molecule has 216 valence electrons. The second-order valence-electron chi connectivity index (χ2n) is 10.4. The molecule has 0 radical (unpaired) electrons. The van der Waals surface area contributed by atoms with Crippen molar-refractivity contribution in [1.82, 2.24) is 19.7 Å². The van der Waals surface area contributed by atoms with Crippen LogP contribution in [0.3, 0.4) is 0 Å². The first-order valence-electron chi connectivity index (χ1n) is 13.3. The third-order valence-electron chi connectivity index (χ3n) is 7.75. The molecule has 4 heterocycles. The summed E-state index contributed by atoms with van der Waals surface area (Å²) in [6.45, 7) is 2.17. The van der Waals surface area contributed by atoms with Crippen molar-refractivity contribution >= 4 is 17.5 Å². The molecule has 2 aromatic carbocycles. The number of carbonyl (C=O) groups excluding carboxylic acids is 2. The highest BCUT2D eigenvalue weighted by molar-refractivity contribution is 6.02. The van der Waals surface area contributed by atoms with Gasteiger partial charge in [-0.3, -0.25) is 14.6 Å². The van der Waals surface area contributed by atoms with Crippen LogP contribution in [-0.4, -0.2) is 50.6 Å². The summed E-state index contributed by atoms with van der Waals surface area (Å²) in [5.74, 6) is -2.48. The van der Waals surface area contributed by atoms with Gasteiger partial charge in [-0.05, 0) is 67.3 Å². The molecule has 12 heteroatoms. The number of benzene rings is 2. The zero-order valence-electron chi connectivity index (χ0n) is 22.3. The number of fused-ring (bicyclic) bond motifs is 1. The average Bonchev–Trinajstić information content (AvgIpc) is 3.57. The van der Waals surface area contributed by atoms with Crippen molar-refractivity contribution in [1.29, 1.82) is 0 Å². The van der Waals surface area contributed by atoms with Crippen molar-refractivity contribution in [2.75, 3.05) is 18.0 Å². The van der Waals surface area contributed by atoms with Crippen molar-refractivity contribution in [2.45, 2.75) is 38.4 Å². The van der Waals surface area contributed by atoms with Crippen LogP contribution in [0.4, 0.5) is 27.6 Å². The van der Waals surface area contributed by atoms with Crippen molar-refractivity contribution in [2.24, 2.45) is 0 Å². The Morgan fingerprint density at radius 1 is 1.02 bits per heavy atom. The first-order chi connectivity index (χ1) is 20.0. The minimum atomic E-state index is -4.93. The van der Waals surface area contributed by atoms with E-state index in [2.05, 4.69) is 10.1 Å². The fourth-order valence-corrected chi connectivity index (χ4v) is 5.62. The van der Waals surface area contributed by atoms with Gasteiger partial charge in [0.1, 0.15) is 11.6 Å². The summed E-state index contributed by atoms with van der Waals surface area (Å²) in [5, 5.41) is 4.34. The van der Waals surface area contributed by atoms with Gasteiger partial charge in [0.05, 0.1) is 29.1 Å². The number of pyridine rings is 1. The lowest BCUT2D eigenvalue weighted by Gasteiger charge is -2.37. The van der Waals surface area contributed by atoms with E-state index in [1.807, 2.05) is 0 Å². The molecule has 42 heavy (non-hydrogen) atoms. The lowest BCUT2D eigenvalue weighted by molar-refractivity contribution is -0.140. The van der Waals surface area contributed by atoms with Crippen LogP contribution in [0.25, 0.3) is 16.9 Å². The van der Waals surface area contributed by atoms with Crippen LogP contribution in [0.15, 0.2) is 60.9 Å². The van der Waals surface area contributed by atoms with E-state index >= 15 is 0 Å². The number of anilines is 1. The van der Waals surface area contributed by atoms with Crippen LogP contribution in [0.1, 0.15) is 40.0 Å². The van der Waals surface area contributed by atoms with Crippen LogP contribution in [0.5, 0.6) is 0 Å². The lowest BCUT2D eigenvalue weighted by Crippen LogP contribution is -2.48. The van der Waals surface area contributed by atoms with Gasteiger partial charge in [-0.1, -0.05) is 12.1 Å². The number of alkyl halides is 3. The third-order valence-corrected chi connectivity index (χ3v) is 7.75. The number of rotatable bonds is 4. The summed E-state index contributed by atoms with van der Waals surface area (Å²) in [4.78, 5) is 33.5. The van der Waals surface area contributed by atoms with Crippen molar-refractivity contribution in [3.63, 3.8) is 0 Å². The molecule has 1 saturated heterocycles. The SMILES string of the molecule is Cc1ccc2c(c1F)N(C1CCN(C(=O)c3cc(-c4cccnc4)n(-c4ccc(F)c(C(F)(F)F)c4)n3)CC1)C(=O)C2. The number of piperidine rings is 1. The van der Waals surface area contributed by atoms with Gasteiger partial charge in [0.25, 0.3) is 5.91 Å². The minimum absolute atomic E-state index is 0.0190. The highest BCUT2D eigenvalue weighted by Gasteiger charge is 2.39. The summed E-state index contributed by atoms with van der Waals surface area (Å²) in [5.41, 5.74) is 0.636. The van der Waals surface area contributed by atoms with Crippen LogP contribution in [0.2, 0.25) is 0 Å². The molecule has 0 saturated carbocycles. The number of nitrogens with zero attached hydrogens (tertiary/aromatic N) is 5. The summed E-state index contributed by atoms with van der Waals surface area (Å²) >= 11 is 0. The van der Waals surface area contributed by atoms with Crippen LogP contribution >= 0.6 is 0 Å². The van der Waals surface area contributed by atoms with E-state index in [4.69, 9.17) is 0 Å². The van der Waals surface area contributed by atoms with Crippen molar-refractivity contribution in [3.05, 3.63) is 94.9 Å². The van der Waals surface area contributed by atoms with Crippen LogP contribution < -0.4 is 4.90 Å². The van der Waals surface area contributed by atoms with Gasteiger partial charge < -0.3 is 9.80 Å². The lowest BCUT2D eigenvalue weighted by atomic mass is 10.0. The van der Waals surface area contributed by atoms with Gasteiger partial charge in [-0.15, -0.1) is 0 Å². The zero-order valence-corrected chi connectivity index (χ0v) is 22.3. The van der Waals surface area contributed by atoms with Crippen molar-refractivity contribution < 1.29 is 31.5 Å². The third kappa shape index (κ3) is 4.80. The van der Waals surface area contributed by atoms with E-state index in [0.717, 1.165) is 10.7 Å². The van der Waals surface area contributed by atoms with E-state index in [-0.39, 0.29) is 42.8 Å². The molecule has 0 bridgehead atoms. The maximum Gasteiger partial charge on any atom is 0.419 e. The number of hydrogen-bond acceptors (Lipinski definition) is 4. The van der Waals surface area contributed by atoms with Gasteiger partial charge in [0.2, 0.25) is 5.91 Å². The Bertz CT molecular complexity index is 1690. The maximum atomic E-state index is 15.0. The molecule has 0 atom stereocenters. The standard InChI is InChI=1S/C30H24F5N5O2/c1-17-4-5-18-13-26(41)39(28(18)27(17)32)20-8-11-38(12-9-20)29(42)24-15-25(19-3-2-10-36-16-19)40(37-24)21-6-7-23(31)22(14-21)30(33,34)35/h2-7,10,14-16,20H,8-9,11-13H2,1H3. The largest absolute Gasteiger partial charge is 0.419 e. The smallest absolute Gasteiger partial charge is 0.337 e. The predicted octanol–water partition coefficient (Wildman–Crippen LogP) is 5.73. The Balaban J connectivity index is 1.28. The van der Waals surface area contributed by atoms with Crippen molar-refractivity contribution in [3.8, 4) is 16.9 Å². The topological polar surface area (TPSA) is 71.3 Å². The number of carbonyl (C=O) groups is 2. The highest BCUT2D eigenvalue weighted by Crippen LogP contribution is 2.38. The molecule has 1 fully saturated rings. The van der Waals surface area contributed by atoms with Gasteiger partial charge >= 0.3 is 6.18 Å². The maximum absolute atomic E-state index is 15.0. The van der Waals surface area contributed by atoms with E-state index in [9.17, 15) is 31.5 Å². The van der Waals surface area contributed by atoms with Gasteiger partial charge in [-0.25, -0.2) is 13.5 Å². The molecular formula is C30H24F5N5O2. The monoisotopic (exact) mass is 581 g/mol. The van der Waals surface area contributed by atoms with E-state index in [1.165, 1.54) is 23.4 Å². The number of hydrogen-bond donors (Lipinski definition) is 0. The normalized spacial score (nSPS) is 15.8. The molecule has 6 rings (SSSR count). The number of aromatic nitrogens is 3. The fraction of sp³-hybridized carbons (Fsp3) is 0.267. The molecule has 0 unspecified atom stereocenters. The summed E-state index contributed by atoms with van der Waals surface area (Å²) in [6.07, 6.45) is -0.978. The Morgan fingerprint density at radius 2 is 1.79 bits per heavy atom. The summed E-state index contributed by atoms with van der Waals surface area (Å²) in [6, 6.07) is 10.4. The molecule has 7 nitrogen and oxygen atoms in total. The average molecular weight is 582 g/mol. The summed E-state index contributed by atoms with van der Waals surface area (Å²) in [7, 11) is 0.